The molecule has 0 saturated carbocycles. The van der Waals surface area contributed by atoms with Gasteiger partial charge in [-0.1, -0.05) is 29.8 Å². The fraction of sp³-hybridized carbons (Fsp3) is 0.318. The molecular formula is C22H23Br2N3O2. The van der Waals surface area contributed by atoms with Crippen LogP contribution in [-0.2, 0) is 0 Å². The van der Waals surface area contributed by atoms with Crippen molar-refractivity contribution in [1.82, 2.24) is 9.66 Å². The van der Waals surface area contributed by atoms with Crippen molar-refractivity contribution in [2.75, 3.05) is 0 Å². The number of hydrogen-bond acceptors (Lipinski definition) is 4. The summed E-state index contributed by atoms with van der Waals surface area (Å²) in [6.07, 6.45) is 2.62. The van der Waals surface area contributed by atoms with Crippen molar-refractivity contribution in [3.05, 3.63) is 67.1 Å². The Morgan fingerprint density at radius 3 is 2.59 bits per heavy atom. The molecule has 0 aliphatic carbocycles. The first kappa shape index (κ1) is 21.7. The molecule has 7 heteroatoms. The van der Waals surface area contributed by atoms with Gasteiger partial charge in [-0.05, 0) is 78.2 Å². The maximum atomic E-state index is 13.1. The molecule has 1 heterocycles. The van der Waals surface area contributed by atoms with E-state index in [4.69, 9.17) is 9.72 Å². The van der Waals surface area contributed by atoms with Gasteiger partial charge in [0.2, 0.25) is 0 Å². The van der Waals surface area contributed by atoms with E-state index in [-0.39, 0.29) is 17.6 Å². The number of fused-ring (bicyclic) bond motifs is 1. The second kappa shape index (κ2) is 9.22. The van der Waals surface area contributed by atoms with E-state index in [2.05, 4.69) is 43.9 Å². The van der Waals surface area contributed by atoms with E-state index in [9.17, 15) is 4.79 Å². The number of halogens is 2. The number of benzene rings is 2. The number of nitrogens with zero attached hydrogens (tertiary/aromatic N) is 3. The van der Waals surface area contributed by atoms with Crippen LogP contribution in [0.25, 0.3) is 10.9 Å². The summed E-state index contributed by atoms with van der Waals surface area (Å²) < 4.78 is 8.83. The van der Waals surface area contributed by atoms with Crippen molar-refractivity contribution in [2.45, 2.75) is 46.1 Å². The van der Waals surface area contributed by atoms with Crippen molar-refractivity contribution in [1.29, 1.82) is 0 Å². The Bertz CT molecular complexity index is 1120. The van der Waals surface area contributed by atoms with Gasteiger partial charge in [0.1, 0.15) is 11.6 Å². The average Bonchev–Trinajstić information content (AvgIpc) is 2.68. The molecule has 0 spiro atoms. The minimum atomic E-state index is -0.179. The Kier molecular flexibility index (Phi) is 6.90. The van der Waals surface area contributed by atoms with Gasteiger partial charge in [-0.15, -0.1) is 0 Å². The van der Waals surface area contributed by atoms with Crippen LogP contribution in [0.1, 0.15) is 51.4 Å². The molecule has 5 nitrogen and oxygen atoms in total. The Labute approximate surface area is 187 Å². The molecule has 0 bridgehead atoms. The van der Waals surface area contributed by atoms with Crippen LogP contribution in [-0.4, -0.2) is 22.0 Å². The molecule has 3 rings (SSSR count). The lowest BCUT2D eigenvalue weighted by Gasteiger charge is -2.14. The molecule has 0 fully saturated rings. The van der Waals surface area contributed by atoms with Crippen molar-refractivity contribution >= 4 is 49.0 Å². The number of aromatic nitrogens is 2. The van der Waals surface area contributed by atoms with Crippen LogP contribution >= 0.6 is 31.9 Å². The predicted molar refractivity (Wildman–Crippen MR) is 125 cm³/mol. The van der Waals surface area contributed by atoms with Gasteiger partial charge in [0.05, 0.1) is 27.7 Å². The van der Waals surface area contributed by atoms with E-state index in [0.717, 1.165) is 26.7 Å². The minimum Gasteiger partial charge on any atom is -0.490 e. The maximum Gasteiger partial charge on any atom is 0.282 e. The van der Waals surface area contributed by atoms with Crippen LogP contribution in [0.5, 0.6) is 5.75 Å². The van der Waals surface area contributed by atoms with Crippen molar-refractivity contribution < 1.29 is 4.74 Å². The highest BCUT2D eigenvalue weighted by Gasteiger charge is 2.15. The summed E-state index contributed by atoms with van der Waals surface area (Å²) in [6.45, 7) is 8.08. The molecule has 0 radical (unpaired) electrons. The second-order valence-corrected chi connectivity index (χ2v) is 8.93. The summed E-state index contributed by atoms with van der Waals surface area (Å²) in [5.41, 5.74) is 1.35. The zero-order valence-corrected chi connectivity index (χ0v) is 20.0. The zero-order chi connectivity index (χ0) is 21.1. The lowest BCUT2D eigenvalue weighted by atomic mass is 10.1. The van der Waals surface area contributed by atoms with Gasteiger partial charge in [-0.2, -0.15) is 9.78 Å². The van der Waals surface area contributed by atoms with Gasteiger partial charge < -0.3 is 4.74 Å². The monoisotopic (exact) mass is 519 g/mol. The maximum absolute atomic E-state index is 13.1. The summed E-state index contributed by atoms with van der Waals surface area (Å²) in [5.74, 6) is 1.52. The van der Waals surface area contributed by atoms with Gasteiger partial charge in [0.25, 0.3) is 5.56 Å². The number of hydrogen-bond donors (Lipinski definition) is 0. The number of ether oxygens (including phenoxy) is 1. The SMILES string of the molecule is CC[C@@H](C)c1nc2ccc(Br)cc2c(=O)n1N=Cc1ccc(OC(C)C)c(Br)c1. The summed E-state index contributed by atoms with van der Waals surface area (Å²) in [7, 11) is 0. The van der Waals surface area contributed by atoms with Crippen LogP contribution < -0.4 is 10.3 Å². The molecular weight excluding hydrogens is 498 g/mol. The lowest BCUT2D eigenvalue weighted by molar-refractivity contribution is 0.241. The molecule has 1 aromatic heterocycles. The molecule has 2 aromatic carbocycles. The normalized spacial score (nSPS) is 12.8. The topological polar surface area (TPSA) is 56.5 Å². The average molecular weight is 521 g/mol. The smallest absolute Gasteiger partial charge is 0.282 e. The highest BCUT2D eigenvalue weighted by Crippen LogP contribution is 2.26. The van der Waals surface area contributed by atoms with Crippen LogP contribution in [0.4, 0.5) is 0 Å². The minimum absolute atomic E-state index is 0.0884. The third-order valence-electron chi connectivity index (χ3n) is 4.53. The van der Waals surface area contributed by atoms with E-state index in [1.807, 2.05) is 51.1 Å². The number of rotatable bonds is 6. The third kappa shape index (κ3) is 4.95. The highest BCUT2D eigenvalue weighted by molar-refractivity contribution is 9.10. The first-order chi connectivity index (χ1) is 13.8. The van der Waals surface area contributed by atoms with Crippen molar-refractivity contribution in [2.24, 2.45) is 5.10 Å². The fourth-order valence-electron chi connectivity index (χ4n) is 2.85. The van der Waals surface area contributed by atoms with Gasteiger partial charge in [0, 0.05) is 10.4 Å². The Morgan fingerprint density at radius 2 is 1.93 bits per heavy atom. The van der Waals surface area contributed by atoms with Crippen LogP contribution in [0.15, 0.2) is 55.2 Å². The van der Waals surface area contributed by atoms with E-state index in [0.29, 0.717) is 16.7 Å². The zero-order valence-electron chi connectivity index (χ0n) is 16.8. The lowest BCUT2D eigenvalue weighted by Crippen LogP contribution is -2.23. The molecule has 0 aliphatic heterocycles. The largest absolute Gasteiger partial charge is 0.490 e. The molecule has 152 valence electrons. The van der Waals surface area contributed by atoms with Crippen LogP contribution in [0, 0.1) is 0 Å². The van der Waals surface area contributed by atoms with Gasteiger partial charge >= 0.3 is 0 Å². The van der Waals surface area contributed by atoms with Crippen LogP contribution in [0.2, 0.25) is 0 Å². The third-order valence-corrected chi connectivity index (χ3v) is 5.64. The van der Waals surface area contributed by atoms with Crippen LogP contribution in [0.3, 0.4) is 0 Å². The fourth-order valence-corrected chi connectivity index (χ4v) is 3.70. The Hall–Kier alpha value is -1.99. The molecule has 0 unspecified atom stereocenters. The molecule has 1 atom stereocenters. The highest BCUT2D eigenvalue weighted by atomic mass is 79.9. The quantitative estimate of drug-likeness (QED) is 0.369. The molecule has 0 N–H and O–H groups in total. The first-order valence-corrected chi connectivity index (χ1v) is 11.1. The summed E-state index contributed by atoms with van der Waals surface area (Å²) >= 11 is 6.96. The first-order valence-electron chi connectivity index (χ1n) is 9.53. The van der Waals surface area contributed by atoms with E-state index in [1.54, 1.807) is 12.3 Å². The summed E-state index contributed by atoms with van der Waals surface area (Å²) in [6, 6.07) is 11.2. The van der Waals surface area contributed by atoms with Gasteiger partial charge in [0.15, 0.2) is 0 Å². The molecule has 0 amide bonds. The van der Waals surface area contributed by atoms with Crippen molar-refractivity contribution in [3.8, 4) is 5.75 Å². The predicted octanol–water partition coefficient (Wildman–Crippen LogP) is 6.10. The molecule has 0 aliphatic rings. The van der Waals surface area contributed by atoms with E-state index in [1.165, 1.54) is 4.68 Å². The summed E-state index contributed by atoms with van der Waals surface area (Å²) in [5, 5.41) is 5.03. The standard InChI is InChI=1S/C22H23Br2N3O2/c1-5-14(4)21-26-19-8-7-16(23)11-17(19)22(28)27(21)25-12-15-6-9-20(18(24)10-15)29-13(2)3/h6-14H,5H2,1-4H3/t14-/m1/s1. The molecule has 29 heavy (non-hydrogen) atoms. The second-order valence-electron chi connectivity index (χ2n) is 7.16. The summed E-state index contributed by atoms with van der Waals surface area (Å²) in [4.78, 5) is 17.9. The van der Waals surface area contributed by atoms with E-state index >= 15 is 0 Å². The molecule has 3 aromatic rings. The van der Waals surface area contributed by atoms with Crippen molar-refractivity contribution in [3.63, 3.8) is 0 Å². The Morgan fingerprint density at radius 1 is 1.17 bits per heavy atom. The van der Waals surface area contributed by atoms with Gasteiger partial charge in [-0.3, -0.25) is 4.79 Å². The van der Waals surface area contributed by atoms with E-state index < -0.39 is 0 Å². The Balaban J connectivity index is 2.07. The molecule has 0 saturated heterocycles. The van der Waals surface area contributed by atoms with Gasteiger partial charge in [-0.25, -0.2) is 4.98 Å².